The fraction of sp³-hybridized carbons (Fsp3) is 0.667. The number of hydrogen-bond donors (Lipinski definition) is 5. The van der Waals surface area contributed by atoms with Crippen molar-refractivity contribution in [2.45, 2.75) is 19.0 Å². The molecule has 86 valence electrons. The number of H-pyrrole nitrogens is 1. The molecule has 0 aliphatic heterocycles. The molecule has 0 radical (unpaired) electrons. The molecule has 0 amide bonds. The summed E-state index contributed by atoms with van der Waals surface area (Å²) in [5, 5.41) is 36.7. The molecule has 0 saturated heterocycles. The van der Waals surface area contributed by atoms with Crippen molar-refractivity contribution >= 4 is 0 Å². The van der Waals surface area contributed by atoms with Crippen LogP contribution in [0.2, 0.25) is 0 Å². The maximum absolute atomic E-state index is 9.07. The molecule has 0 atom stereocenters. The minimum atomic E-state index is -1.04. The van der Waals surface area contributed by atoms with Gasteiger partial charge < -0.3 is 20.6 Å². The van der Waals surface area contributed by atoms with Crippen LogP contribution in [-0.4, -0.2) is 50.9 Å². The lowest BCUT2D eigenvalue weighted by molar-refractivity contribution is 0.0413. The van der Waals surface area contributed by atoms with Crippen LogP contribution in [0.1, 0.15) is 11.3 Å². The van der Waals surface area contributed by atoms with Crippen molar-refractivity contribution in [1.82, 2.24) is 15.5 Å². The van der Waals surface area contributed by atoms with Crippen LogP contribution in [0, 0.1) is 6.92 Å². The van der Waals surface area contributed by atoms with Crippen LogP contribution in [0.25, 0.3) is 0 Å². The van der Waals surface area contributed by atoms with Gasteiger partial charge >= 0.3 is 0 Å². The predicted molar refractivity (Wildman–Crippen MR) is 54.2 cm³/mol. The molecular weight excluding hydrogens is 198 g/mol. The molecule has 0 aliphatic rings. The second kappa shape index (κ2) is 5.22. The molecule has 0 bridgehead atoms. The lowest BCUT2D eigenvalue weighted by Gasteiger charge is -2.28. The van der Waals surface area contributed by atoms with Crippen LogP contribution < -0.4 is 5.32 Å². The molecular formula is C9H17N3O3. The van der Waals surface area contributed by atoms with Gasteiger partial charge in [0.1, 0.15) is 0 Å². The van der Waals surface area contributed by atoms with Gasteiger partial charge in [-0.05, 0) is 6.92 Å². The highest BCUT2D eigenvalue weighted by Crippen LogP contribution is 2.07. The summed E-state index contributed by atoms with van der Waals surface area (Å²) in [7, 11) is 0. The minimum absolute atomic E-state index is 0.323. The summed E-state index contributed by atoms with van der Waals surface area (Å²) in [6, 6.07) is 0. The molecule has 5 N–H and O–H groups in total. The third-order valence-corrected chi connectivity index (χ3v) is 2.50. The highest BCUT2D eigenvalue weighted by Gasteiger charge is 2.27. The Hall–Kier alpha value is -0.950. The van der Waals surface area contributed by atoms with Gasteiger partial charge in [-0.25, -0.2) is 0 Å². The van der Waals surface area contributed by atoms with Gasteiger partial charge in [0.15, 0.2) is 0 Å². The summed E-state index contributed by atoms with van der Waals surface area (Å²) in [6.07, 6.45) is 1.67. The second-order valence-electron chi connectivity index (χ2n) is 3.63. The Kier molecular flexibility index (Phi) is 4.22. The van der Waals surface area contributed by atoms with Crippen LogP contribution in [0.5, 0.6) is 0 Å². The zero-order valence-electron chi connectivity index (χ0n) is 8.69. The number of aliphatic hydroxyl groups excluding tert-OH is 3. The molecule has 6 heteroatoms. The molecule has 1 aromatic heterocycles. The topological polar surface area (TPSA) is 101 Å². The number of hydrogen-bond acceptors (Lipinski definition) is 5. The lowest BCUT2D eigenvalue weighted by Crippen LogP contribution is -2.54. The number of aliphatic hydroxyl groups is 3. The third kappa shape index (κ3) is 2.75. The van der Waals surface area contributed by atoms with Gasteiger partial charge in [-0.3, -0.25) is 5.10 Å². The fourth-order valence-corrected chi connectivity index (χ4v) is 1.15. The molecule has 0 aliphatic carbocycles. The van der Waals surface area contributed by atoms with Gasteiger partial charge in [-0.2, -0.15) is 5.10 Å². The van der Waals surface area contributed by atoms with Crippen LogP contribution in [0.15, 0.2) is 6.20 Å². The van der Waals surface area contributed by atoms with E-state index in [4.69, 9.17) is 15.3 Å². The number of aromatic amines is 1. The SMILES string of the molecule is Cc1[nH]ncc1CNC(CO)(CO)CO. The van der Waals surface area contributed by atoms with Crippen LogP contribution >= 0.6 is 0 Å². The maximum Gasteiger partial charge on any atom is 0.0884 e. The smallest absolute Gasteiger partial charge is 0.0884 e. The second-order valence-corrected chi connectivity index (χ2v) is 3.63. The predicted octanol–water partition coefficient (Wildman–Crippen LogP) is -1.48. The first kappa shape index (κ1) is 12.1. The molecule has 0 spiro atoms. The average Bonchev–Trinajstić information content (AvgIpc) is 2.67. The van der Waals surface area contributed by atoms with Crippen molar-refractivity contribution in [2.24, 2.45) is 0 Å². The van der Waals surface area contributed by atoms with E-state index in [0.717, 1.165) is 11.3 Å². The van der Waals surface area contributed by atoms with Crippen molar-refractivity contribution in [3.63, 3.8) is 0 Å². The summed E-state index contributed by atoms with van der Waals surface area (Å²) in [6.45, 7) is 1.34. The average molecular weight is 215 g/mol. The van der Waals surface area contributed by atoms with Crippen LogP contribution in [0.4, 0.5) is 0 Å². The Labute approximate surface area is 88.0 Å². The molecule has 0 aromatic carbocycles. The monoisotopic (exact) mass is 215 g/mol. The first-order chi connectivity index (χ1) is 7.17. The Bertz CT molecular complexity index is 288. The number of rotatable bonds is 6. The zero-order chi connectivity index (χ0) is 11.3. The van der Waals surface area contributed by atoms with Crippen molar-refractivity contribution in [2.75, 3.05) is 19.8 Å². The number of nitrogens with zero attached hydrogens (tertiary/aromatic N) is 1. The van der Waals surface area contributed by atoms with Crippen molar-refractivity contribution in [1.29, 1.82) is 0 Å². The summed E-state index contributed by atoms with van der Waals surface area (Å²) in [4.78, 5) is 0. The van der Waals surface area contributed by atoms with Gasteiger partial charge in [0.25, 0.3) is 0 Å². The van der Waals surface area contributed by atoms with E-state index in [1.165, 1.54) is 0 Å². The normalized spacial score (nSPS) is 12.0. The Morgan fingerprint density at radius 3 is 2.33 bits per heavy atom. The molecule has 1 heterocycles. The lowest BCUT2D eigenvalue weighted by atomic mass is 10.0. The maximum atomic E-state index is 9.07. The molecule has 0 saturated carbocycles. The molecule has 0 fully saturated rings. The number of nitrogens with one attached hydrogen (secondary N) is 2. The third-order valence-electron chi connectivity index (χ3n) is 2.50. The molecule has 0 unspecified atom stereocenters. The van der Waals surface area contributed by atoms with Crippen LogP contribution in [0.3, 0.4) is 0 Å². The van der Waals surface area contributed by atoms with E-state index < -0.39 is 5.54 Å². The van der Waals surface area contributed by atoms with E-state index in [9.17, 15) is 0 Å². The van der Waals surface area contributed by atoms with Gasteiger partial charge in [-0.1, -0.05) is 0 Å². The molecule has 6 nitrogen and oxygen atoms in total. The van der Waals surface area contributed by atoms with Crippen molar-refractivity contribution in [3.8, 4) is 0 Å². The summed E-state index contributed by atoms with van der Waals surface area (Å²) in [5.74, 6) is 0. The summed E-state index contributed by atoms with van der Waals surface area (Å²) in [5.41, 5.74) is 0.823. The zero-order valence-corrected chi connectivity index (χ0v) is 8.69. The van der Waals surface area contributed by atoms with Gasteiger partial charge in [0.2, 0.25) is 0 Å². The number of aryl methyl sites for hydroxylation is 1. The van der Waals surface area contributed by atoms with Crippen LogP contribution in [-0.2, 0) is 6.54 Å². The largest absolute Gasteiger partial charge is 0.394 e. The van der Waals surface area contributed by atoms with Gasteiger partial charge in [-0.15, -0.1) is 0 Å². The van der Waals surface area contributed by atoms with Crippen molar-refractivity contribution < 1.29 is 15.3 Å². The standard InChI is InChI=1S/C9H17N3O3/c1-7-8(3-11-12-7)2-10-9(4-13,5-14)6-15/h3,10,13-15H,2,4-6H2,1H3,(H,11,12). The molecule has 1 aromatic rings. The first-order valence-electron chi connectivity index (χ1n) is 4.74. The van der Waals surface area contributed by atoms with E-state index in [0.29, 0.717) is 6.54 Å². The first-order valence-corrected chi connectivity index (χ1v) is 4.74. The minimum Gasteiger partial charge on any atom is -0.394 e. The summed E-state index contributed by atoms with van der Waals surface area (Å²) < 4.78 is 0. The molecule has 1 rings (SSSR count). The quantitative estimate of drug-likeness (QED) is 0.398. The van der Waals surface area contributed by atoms with Crippen molar-refractivity contribution in [3.05, 3.63) is 17.5 Å². The van der Waals surface area contributed by atoms with E-state index in [1.807, 2.05) is 6.92 Å². The van der Waals surface area contributed by atoms with Gasteiger partial charge in [0, 0.05) is 17.8 Å². The number of aromatic nitrogens is 2. The highest BCUT2D eigenvalue weighted by molar-refractivity contribution is 5.14. The Balaban J connectivity index is 2.58. The Morgan fingerprint density at radius 1 is 1.33 bits per heavy atom. The van der Waals surface area contributed by atoms with E-state index in [1.54, 1.807) is 6.20 Å². The van der Waals surface area contributed by atoms with Gasteiger partial charge in [0.05, 0.1) is 31.6 Å². The van der Waals surface area contributed by atoms with E-state index in [2.05, 4.69) is 15.5 Å². The van der Waals surface area contributed by atoms with E-state index >= 15 is 0 Å². The molecule has 15 heavy (non-hydrogen) atoms. The van der Waals surface area contributed by atoms with E-state index in [-0.39, 0.29) is 19.8 Å². The highest BCUT2D eigenvalue weighted by atomic mass is 16.3. The Morgan fingerprint density at radius 2 is 1.93 bits per heavy atom. The summed E-state index contributed by atoms with van der Waals surface area (Å²) >= 11 is 0. The fourth-order valence-electron chi connectivity index (χ4n) is 1.15.